The quantitative estimate of drug-likeness (QED) is 0.208. The van der Waals surface area contributed by atoms with Gasteiger partial charge in [0.2, 0.25) is 0 Å². The van der Waals surface area contributed by atoms with E-state index in [-0.39, 0.29) is 17.3 Å². The van der Waals surface area contributed by atoms with Crippen LogP contribution in [0.15, 0.2) is 48.5 Å². The Bertz CT molecular complexity index is 1520. The van der Waals surface area contributed by atoms with Crippen LogP contribution in [0.1, 0.15) is 88.9 Å². The number of carboxylic acid groups (broad SMARTS) is 1. The predicted molar refractivity (Wildman–Crippen MR) is 185 cm³/mol. The van der Waals surface area contributed by atoms with Crippen LogP contribution in [0.2, 0.25) is 0 Å². The molecule has 2 aliphatic rings. The summed E-state index contributed by atoms with van der Waals surface area (Å²) in [6.07, 6.45) is 3.11. The summed E-state index contributed by atoms with van der Waals surface area (Å²) in [5.41, 5.74) is 5.09. The molecular formula is C39H51FN2O6. The molecule has 3 heterocycles. The molecule has 48 heavy (non-hydrogen) atoms. The van der Waals surface area contributed by atoms with Gasteiger partial charge in [-0.1, -0.05) is 38.1 Å². The highest BCUT2D eigenvalue weighted by molar-refractivity contribution is 5.88. The second-order valence-electron chi connectivity index (χ2n) is 14.8. The minimum Gasteiger partial charge on any atom is -0.493 e. The molecule has 5 rings (SSSR count). The molecule has 0 aliphatic carbocycles. The van der Waals surface area contributed by atoms with Gasteiger partial charge in [-0.15, -0.1) is 0 Å². The second-order valence-corrected chi connectivity index (χ2v) is 14.8. The Kier molecular flexibility index (Phi) is 11.4. The number of pyridine rings is 1. The van der Waals surface area contributed by atoms with Crippen molar-refractivity contribution in [2.45, 2.75) is 98.1 Å². The first kappa shape index (κ1) is 35.8. The lowest BCUT2D eigenvalue weighted by molar-refractivity contribution is -0.160. The van der Waals surface area contributed by atoms with Crippen LogP contribution in [0.4, 0.5) is 10.1 Å². The zero-order valence-electron chi connectivity index (χ0n) is 29.3. The van der Waals surface area contributed by atoms with Crippen LogP contribution >= 0.6 is 0 Å². The summed E-state index contributed by atoms with van der Waals surface area (Å²) in [6, 6.07) is 14.4. The number of halogens is 1. The SMILES string of the molecule is Cc1nc(COC2CCOCC2)c(-c2ccc(OCCc3ccc(F)cc3)cc2)c(N2CCC(C)(C)CC2)c1[C@H](OC(C)(C)C)C(=O)O. The van der Waals surface area contributed by atoms with Crippen LogP contribution in [0.3, 0.4) is 0 Å². The van der Waals surface area contributed by atoms with Gasteiger partial charge in [-0.05, 0) is 94.2 Å². The van der Waals surface area contributed by atoms with E-state index in [0.717, 1.165) is 66.8 Å². The fourth-order valence-electron chi connectivity index (χ4n) is 6.43. The van der Waals surface area contributed by atoms with Gasteiger partial charge in [0.1, 0.15) is 11.6 Å². The highest BCUT2D eigenvalue weighted by atomic mass is 19.1. The van der Waals surface area contributed by atoms with E-state index in [4.69, 9.17) is 23.9 Å². The number of benzene rings is 2. The van der Waals surface area contributed by atoms with E-state index in [9.17, 15) is 14.3 Å². The lowest BCUT2D eigenvalue weighted by Gasteiger charge is -2.41. The minimum atomic E-state index is -1.21. The number of rotatable bonds is 12. The van der Waals surface area contributed by atoms with Gasteiger partial charge in [-0.3, -0.25) is 4.98 Å². The molecule has 3 aromatic rings. The van der Waals surface area contributed by atoms with E-state index in [1.54, 1.807) is 12.1 Å². The third-order valence-electron chi connectivity index (χ3n) is 9.20. The number of aryl methyl sites for hydroxylation is 1. The molecule has 2 aromatic carbocycles. The first-order valence-electron chi connectivity index (χ1n) is 17.2. The summed E-state index contributed by atoms with van der Waals surface area (Å²) in [7, 11) is 0. The molecule has 0 unspecified atom stereocenters. The van der Waals surface area contributed by atoms with Crippen molar-refractivity contribution in [3.63, 3.8) is 0 Å². The summed E-state index contributed by atoms with van der Waals surface area (Å²) in [4.78, 5) is 20.4. The molecule has 0 spiro atoms. The van der Waals surface area contributed by atoms with Crippen molar-refractivity contribution in [1.82, 2.24) is 4.98 Å². The lowest BCUT2D eigenvalue weighted by Crippen LogP contribution is -2.39. The summed E-state index contributed by atoms with van der Waals surface area (Å²) in [5, 5.41) is 10.6. The van der Waals surface area contributed by atoms with Crippen molar-refractivity contribution in [2.75, 3.05) is 37.8 Å². The third-order valence-corrected chi connectivity index (χ3v) is 9.20. The Hall–Kier alpha value is -3.53. The van der Waals surface area contributed by atoms with Crippen LogP contribution in [0.5, 0.6) is 5.75 Å². The van der Waals surface area contributed by atoms with Gasteiger partial charge in [0.15, 0.2) is 6.10 Å². The molecule has 9 heteroatoms. The smallest absolute Gasteiger partial charge is 0.337 e. The molecule has 1 atom stereocenters. The van der Waals surface area contributed by atoms with Crippen molar-refractivity contribution in [3.05, 3.63) is 76.9 Å². The Labute approximate surface area is 284 Å². The van der Waals surface area contributed by atoms with Gasteiger partial charge in [0, 0.05) is 49.5 Å². The van der Waals surface area contributed by atoms with Crippen molar-refractivity contribution in [2.24, 2.45) is 5.41 Å². The van der Waals surface area contributed by atoms with Crippen LogP contribution < -0.4 is 9.64 Å². The van der Waals surface area contributed by atoms with E-state index in [1.807, 2.05) is 52.0 Å². The molecule has 8 nitrogen and oxygen atoms in total. The van der Waals surface area contributed by atoms with E-state index >= 15 is 0 Å². The van der Waals surface area contributed by atoms with Crippen molar-refractivity contribution in [1.29, 1.82) is 0 Å². The molecule has 0 bridgehead atoms. The Morgan fingerprint density at radius 1 is 1.06 bits per heavy atom. The molecule has 2 fully saturated rings. The summed E-state index contributed by atoms with van der Waals surface area (Å²) < 4.78 is 37.7. The fourth-order valence-corrected chi connectivity index (χ4v) is 6.43. The topological polar surface area (TPSA) is 90.4 Å². The van der Waals surface area contributed by atoms with Gasteiger partial charge in [-0.25, -0.2) is 9.18 Å². The van der Waals surface area contributed by atoms with Crippen LogP contribution in [0.25, 0.3) is 11.1 Å². The maximum absolute atomic E-state index is 13.3. The van der Waals surface area contributed by atoms with E-state index < -0.39 is 17.7 Å². The maximum atomic E-state index is 13.3. The molecule has 1 aromatic heterocycles. The molecule has 260 valence electrons. The normalized spacial score (nSPS) is 17.7. The Balaban J connectivity index is 1.57. The van der Waals surface area contributed by atoms with Crippen molar-refractivity contribution < 1.29 is 33.2 Å². The zero-order valence-corrected chi connectivity index (χ0v) is 29.3. The summed E-state index contributed by atoms with van der Waals surface area (Å²) in [6.45, 7) is 15.7. The molecule has 2 aliphatic heterocycles. The summed E-state index contributed by atoms with van der Waals surface area (Å²) in [5.74, 6) is -0.591. The van der Waals surface area contributed by atoms with Crippen molar-refractivity contribution >= 4 is 11.7 Å². The number of nitrogens with zero attached hydrogens (tertiary/aromatic N) is 2. The van der Waals surface area contributed by atoms with E-state index in [2.05, 4.69) is 18.7 Å². The number of ether oxygens (including phenoxy) is 4. The maximum Gasteiger partial charge on any atom is 0.337 e. The minimum absolute atomic E-state index is 0.0699. The standard InChI is InChI=1S/C39H51FN2O6/c1-26-33(36(37(43)44)48-38(2,3)4)35(42-20-18-39(5,6)19-21-42)34(32(41-26)25-47-31-16-22-45-23-17-31)28-9-13-30(14-10-28)46-24-15-27-7-11-29(40)12-8-27/h7-14,31,36H,15-25H2,1-6H3,(H,43,44)/t36-/m0/s1. The lowest BCUT2D eigenvalue weighted by atomic mass is 9.81. The Morgan fingerprint density at radius 2 is 1.71 bits per heavy atom. The highest BCUT2D eigenvalue weighted by Crippen LogP contribution is 2.45. The van der Waals surface area contributed by atoms with E-state index in [1.165, 1.54) is 12.1 Å². The zero-order chi connectivity index (χ0) is 34.5. The number of aromatic nitrogens is 1. The molecule has 2 saturated heterocycles. The summed E-state index contributed by atoms with van der Waals surface area (Å²) >= 11 is 0. The average Bonchev–Trinajstić information content (AvgIpc) is 3.04. The van der Waals surface area contributed by atoms with Gasteiger partial charge in [0.05, 0.1) is 36.3 Å². The number of hydrogen-bond acceptors (Lipinski definition) is 7. The van der Waals surface area contributed by atoms with Crippen LogP contribution in [-0.2, 0) is 32.0 Å². The number of carbonyl (C=O) groups is 1. The monoisotopic (exact) mass is 662 g/mol. The second kappa shape index (κ2) is 15.3. The number of hydrogen-bond donors (Lipinski definition) is 1. The number of piperidine rings is 1. The first-order valence-corrected chi connectivity index (χ1v) is 17.2. The van der Waals surface area contributed by atoms with Crippen molar-refractivity contribution in [3.8, 4) is 16.9 Å². The average molecular weight is 663 g/mol. The molecular weight excluding hydrogens is 611 g/mol. The van der Waals surface area contributed by atoms with Gasteiger partial charge in [-0.2, -0.15) is 0 Å². The van der Waals surface area contributed by atoms with Crippen LogP contribution in [-0.4, -0.2) is 60.7 Å². The molecule has 0 amide bonds. The van der Waals surface area contributed by atoms with Gasteiger partial charge < -0.3 is 29.0 Å². The largest absolute Gasteiger partial charge is 0.493 e. The highest BCUT2D eigenvalue weighted by Gasteiger charge is 2.37. The third kappa shape index (κ3) is 9.33. The number of aliphatic carboxylic acids is 1. The van der Waals surface area contributed by atoms with Crippen LogP contribution in [0, 0.1) is 18.2 Å². The molecule has 0 saturated carbocycles. The fraction of sp³-hybridized carbons (Fsp3) is 0.538. The van der Waals surface area contributed by atoms with E-state index in [0.29, 0.717) is 49.9 Å². The molecule has 1 N–H and O–H groups in total. The van der Waals surface area contributed by atoms with Gasteiger partial charge in [0.25, 0.3) is 0 Å². The predicted octanol–water partition coefficient (Wildman–Crippen LogP) is 8.08. The van der Waals surface area contributed by atoms with Gasteiger partial charge >= 0.3 is 5.97 Å². The number of anilines is 1. The number of carboxylic acids is 1. The molecule has 0 radical (unpaired) electrons. The first-order chi connectivity index (χ1) is 22.8. The Morgan fingerprint density at radius 3 is 2.31 bits per heavy atom.